The Labute approximate surface area is 179 Å². The van der Waals surface area contributed by atoms with Crippen molar-refractivity contribution >= 4 is 21.6 Å². The lowest BCUT2D eigenvalue weighted by Crippen LogP contribution is -2.32. The Balaban J connectivity index is 1.75. The third-order valence-corrected chi connectivity index (χ3v) is 5.82. The lowest BCUT2D eigenvalue weighted by atomic mass is 10.1. The molecule has 164 valence electrons. The van der Waals surface area contributed by atoms with Crippen molar-refractivity contribution in [1.82, 2.24) is 5.32 Å². The summed E-state index contributed by atoms with van der Waals surface area (Å²) < 4.78 is 35.9. The highest BCUT2D eigenvalue weighted by Crippen LogP contribution is 2.22. The van der Waals surface area contributed by atoms with E-state index in [1.54, 1.807) is 38.5 Å². The van der Waals surface area contributed by atoms with Crippen LogP contribution in [-0.2, 0) is 21.2 Å². The molecule has 7 nitrogen and oxygen atoms in total. The largest absolute Gasteiger partial charge is 0.497 e. The smallest absolute Gasteiger partial charge is 0.232 e. The molecular weight excluding hydrogens is 404 g/mol. The average molecular weight is 435 g/mol. The van der Waals surface area contributed by atoms with Gasteiger partial charge in [0.15, 0.2) is 0 Å². The van der Waals surface area contributed by atoms with Gasteiger partial charge in [0.1, 0.15) is 11.5 Å². The van der Waals surface area contributed by atoms with Crippen LogP contribution in [0.4, 0.5) is 5.69 Å². The maximum Gasteiger partial charge on any atom is 0.232 e. The van der Waals surface area contributed by atoms with Gasteiger partial charge in [-0.2, -0.15) is 0 Å². The number of sulfonamides is 1. The summed E-state index contributed by atoms with van der Waals surface area (Å²) >= 11 is 0. The highest BCUT2D eigenvalue weighted by Gasteiger charge is 2.17. The molecule has 0 aliphatic rings. The number of nitrogens with one attached hydrogen (secondary N) is 1. The number of hydrogen-bond acceptors (Lipinski definition) is 5. The van der Waals surface area contributed by atoms with Crippen molar-refractivity contribution < 1.29 is 22.7 Å². The van der Waals surface area contributed by atoms with Crippen molar-refractivity contribution in [3.05, 3.63) is 54.1 Å². The predicted octanol–water partition coefficient (Wildman–Crippen LogP) is 3.00. The summed E-state index contributed by atoms with van der Waals surface area (Å²) in [6.45, 7) is 0.812. The first-order valence-corrected chi connectivity index (χ1v) is 11.7. The predicted molar refractivity (Wildman–Crippen MR) is 119 cm³/mol. The number of carbonyl (C=O) groups excluding carboxylic acids is 1. The van der Waals surface area contributed by atoms with E-state index in [1.807, 2.05) is 24.3 Å². The van der Waals surface area contributed by atoms with Gasteiger partial charge in [0.05, 0.1) is 26.2 Å². The Kier molecular flexibility index (Phi) is 8.98. The summed E-state index contributed by atoms with van der Waals surface area (Å²) in [7, 11) is -0.250. The van der Waals surface area contributed by atoms with Gasteiger partial charge in [-0.3, -0.25) is 9.10 Å². The molecule has 0 saturated heterocycles. The average Bonchev–Trinajstić information content (AvgIpc) is 2.74. The summed E-state index contributed by atoms with van der Waals surface area (Å²) in [5, 5.41) is 2.89. The highest BCUT2D eigenvalue weighted by atomic mass is 32.2. The van der Waals surface area contributed by atoms with E-state index >= 15 is 0 Å². The molecule has 0 aliphatic carbocycles. The van der Waals surface area contributed by atoms with Crippen LogP contribution in [0.5, 0.6) is 11.5 Å². The maximum absolute atomic E-state index is 12.1. The second-order valence-electron chi connectivity index (χ2n) is 6.94. The standard InChI is InChI=1S/C22H30N2O5S/c1-28-20-13-11-19(12-14-20)24(30(3,26)27)16-6-10-22(25)23-15-5-8-18-7-4-9-21(17-18)29-2/h4,7,9,11-14,17H,5-6,8,10,15-16H2,1-3H3,(H,23,25). The molecular formula is C22H30N2O5S. The van der Waals surface area contributed by atoms with Gasteiger partial charge in [-0.05, 0) is 61.2 Å². The molecule has 2 aromatic carbocycles. The molecule has 2 aromatic rings. The minimum atomic E-state index is -3.44. The first-order valence-electron chi connectivity index (χ1n) is 9.85. The van der Waals surface area contributed by atoms with E-state index in [0.717, 1.165) is 30.4 Å². The number of amides is 1. The number of hydrogen-bond donors (Lipinski definition) is 1. The molecule has 8 heteroatoms. The summed E-state index contributed by atoms with van der Waals surface area (Å²) in [5.41, 5.74) is 1.71. The maximum atomic E-state index is 12.1. The molecule has 0 radical (unpaired) electrons. The molecule has 1 N–H and O–H groups in total. The van der Waals surface area contributed by atoms with Gasteiger partial charge < -0.3 is 14.8 Å². The number of nitrogens with zero attached hydrogens (tertiary/aromatic N) is 1. The van der Waals surface area contributed by atoms with Gasteiger partial charge in [-0.1, -0.05) is 12.1 Å². The fourth-order valence-corrected chi connectivity index (χ4v) is 4.02. The van der Waals surface area contributed by atoms with Crippen molar-refractivity contribution in [1.29, 1.82) is 0 Å². The Morgan fingerprint density at radius 3 is 2.33 bits per heavy atom. The molecule has 0 aromatic heterocycles. The van der Waals surface area contributed by atoms with Crippen LogP contribution in [0.2, 0.25) is 0 Å². The van der Waals surface area contributed by atoms with Crippen LogP contribution in [0.3, 0.4) is 0 Å². The number of ether oxygens (including phenoxy) is 2. The number of rotatable bonds is 12. The van der Waals surface area contributed by atoms with Gasteiger partial charge in [-0.25, -0.2) is 8.42 Å². The van der Waals surface area contributed by atoms with E-state index in [1.165, 1.54) is 4.31 Å². The third kappa shape index (κ3) is 7.59. The van der Waals surface area contributed by atoms with Crippen molar-refractivity contribution in [2.45, 2.75) is 25.7 Å². The Hall–Kier alpha value is -2.74. The van der Waals surface area contributed by atoms with Crippen molar-refractivity contribution in [3.63, 3.8) is 0 Å². The number of methoxy groups -OCH3 is 2. The normalized spacial score (nSPS) is 11.0. The van der Waals surface area contributed by atoms with Crippen LogP contribution in [0, 0.1) is 0 Å². The fourth-order valence-electron chi connectivity index (χ4n) is 3.05. The second kappa shape index (κ2) is 11.4. The van der Waals surface area contributed by atoms with Crippen LogP contribution in [0.1, 0.15) is 24.8 Å². The zero-order valence-corrected chi connectivity index (χ0v) is 18.6. The fraction of sp³-hybridized carbons (Fsp3) is 0.409. The van der Waals surface area contributed by atoms with Gasteiger partial charge in [0.2, 0.25) is 15.9 Å². The Morgan fingerprint density at radius 1 is 1.00 bits per heavy atom. The molecule has 0 aliphatic heterocycles. The van der Waals surface area contributed by atoms with E-state index in [9.17, 15) is 13.2 Å². The molecule has 1 amide bonds. The number of carbonyl (C=O) groups is 1. The van der Waals surface area contributed by atoms with Gasteiger partial charge in [0, 0.05) is 19.5 Å². The molecule has 0 bridgehead atoms. The zero-order valence-electron chi connectivity index (χ0n) is 17.8. The topological polar surface area (TPSA) is 84.9 Å². The number of anilines is 1. The summed E-state index contributed by atoms with van der Waals surface area (Å²) in [6.07, 6.45) is 3.52. The van der Waals surface area contributed by atoms with E-state index in [0.29, 0.717) is 24.4 Å². The lowest BCUT2D eigenvalue weighted by molar-refractivity contribution is -0.121. The van der Waals surface area contributed by atoms with Gasteiger partial charge in [-0.15, -0.1) is 0 Å². The van der Waals surface area contributed by atoms with Crippen LogP contribution in [0.15, 0.2) is 48.5 Å². The summed E-state index contributed by atoms with van der Waals surface area (Å²) in [5.74, 6) is 1.40. The molecule has 0 unspecified atom stereocenters. The van der Waals surface area contributed by atoms with Gasteiger partial charge in [0.25, 0.3) is 0 Å². The minimum Gasteiger partial charge on any atom is -0.497 e. The minimum absolute atomic E-state index is 0.0798. The molecule has 2 rings (SSSR count). The van der Waals surface area contributed by atoms with E-state index < -0.39 is 10.0 Å². The molecule has 30 heavy (non-hydrogen) atoms. The monoisotopic (exact) mass is 434 g/mol. The van der Waals surface area contributed by atoms with E-state index in [4.69, 9.17) is 9.47 Å². The van der Waals surface area contributed by atoms with Crippen LogP contribution >= 0.6 is 0 Å². The zero-order chi connectivity index (χ0) is 22.0. The highest BCUT2D eigenvalue weighted by molar-refractivity contribution is 7.92. The van der Waals surface area contributed by atoms with Crippen molar-refractivity contribution in [2.24, 2.45) is 0 Å². The molecule has 0 heterocycles. The second-order valence-corrected chi connectivity index (χ2v) is 8.85. The van der Waals surface area contributed by atoms with E-state index in [2.05, 4.69) is 5.32 Å². The van der Waals surface area contributed by atoms with Gasteiger partial charge >= 0.3 is 0 Å². The lowest BCUT2D eigenvalue weighted by Gasteiger charge is -2.22. The van der Waals surface area contributed by atoms with Crippen LogP contribution in [-0.4, -0.2) is 47.9 Å². The Bertz CT molecular complexity index is 913. The number of benzene rings is 2. The van der Waals surface area contributed by atoms with Crippen LogP contribution < -0.4 is 19.1 Å². The van der Waals surface area contributed by atoms with Crippen LogP contribution in [0.25, 0.3) is 0 Å². The quantitative estimate of drug-likeness (QED) is 0.519. The molecule has 0 saturated carbocycles. The molecule has 0 spiro atoms. The van der Waals surface area contributed by atoms with Crippen molar-refractivity contribution in [2.75, 3.05) is 37.9 Å². The first kappa shape index (κ1) is 23.5. The third-order valence-electron chi connectivity index (χ3n) is 4.62. The van der Waals surface area contributed by atoms with E-state index in [-0.39, 0.29) is 18.9 Å². The summed E-state index contributed by atoms with van der Waals surface area (Å²) in [6, 6.07) is 14.7. The Morgan fingerprint density at radius 2 is 1.70 bits per heavy atom. The first-order chi connectivity index (χ1) is 14.3. The molecule has 0 fully saturated rings. The van der Waals surface area contributed by atoms with Crippen molar-refractivity contribution in [3.8, 4) is 11.5 Å². The molecule has 0 atom stereocenters. The SMILES string of the molecule is COc1ccc(N(CCCC(=O)NCCCc2cccc(OC)c2)S(C)(=O)=O)cc1. The summed E-state index contributed by atoms with van der Waals surface area (Å²) in [4.78, 5) is 12.1. The number of aryl methyl sites for hydroxylation is 1.